The van der Waals surface area contributed by atoms with Crippen molar-refractivity contribution in [2.24, 2.45) is 0 Å². The molecule has 2 aromatic heterocycles. The van der Waals surface area contributed by atoms with Crippen LogP contribution in [-0.2, 0) is 9.59 Å². The maximum atomic E-state index is 11.4. The van der Waals surface area contributed by atoms with Crippen LogP contribution in [0, 0.1) is 0 Å². The number of carbonyl (C=O) groups is 2. The van der Waals surface area contributed by atoms with Gasteiger partial charge in [-0.05, 0) is 0 Å². The number of pyridine rings is 2. The van der Waals surface area contributed by atoms with Crippen LogP contribution in [0.1, 0.15) is 0 Å². The van der Waals surface area contributed by atoms with Gasteiger partial charge >= 0.3 is 11.9 Å². The van der Waals surface area contributed by atoms with E-state index in [1.165, 1.54) is 9.46 Å². The molecule has 6 nitrogen and oxygen atoms in total. The lowest BCUT2D eigenvalue weighted by atomic mass is 10.5. The summed E-state index contributed by atoms with van der Waals surface area (Å²) < 4.78 is 2.45. The molecule has 0 unspecified atom stereocenters. The van der Waals surface area contributed by atoms with Gasteiger partial charge in [0.25, 0.3) is 0 Å². The highest BCUT2D eigenvalue weighted by Gasteiger charge is 2.10. The molecule has 0 fully saturated rings. The molecule has 0 radical (unpaired) electrons. The number of hydrogen-bond donors (Lipinski definition) is 0. The van der Waals surface area contributed by atoms with Crippen molar-refractivity contribution in [1.29, 1.82) is 0 Å². The fraction of sp³-hybridized carbons (Fsp3) is 0. The summed E-state index contributed by atoms with van der Waals surface area (Å²) in [6.07, 6.45) is 8.22. The summed E-state index contributed by atoms with van der Waals surface area (Å²) in [5.74, 6) is -1.37. The Morgan fingerprint density at radius 3 is 1.35 bits per heavy atom. The highest BCUT2D eigenvalue weighted by atomic mass is 16.7. The van der Waals surface area contributed by atoms with E-state index in [0.29, 0.717) is 0 Å². The van der Waals surface area contributed by atoms with Crippen molar-refractivity contribution in [3.8, 4) is 0 Å². The van der Waals surface area contributed by atoms with Crippen LogP contribution in [0.4, 0.5) is 0 Å². The van der Waals surface area contributed by atoms with E-state index in [-0.39, 0.29) is 0 Å². The SMILES string of the molecule is O=C(/C=C/C(=O)O[n+]1ccccc1)O[n+]1ccccc1. The van der Waals surface area contributed by atoms with Crippen LogP contribution in [0.25, 0.3) is 0 Å². The minimum atomic E-state index is -0.684. The third-order valence-electron chi connectivity index (χ3n) is 2.12. The first kappa shape index (κ1) is 13.4. The molecule has 0 atom stereocenters. The highest BCUT2D eigenvalue weighted by Crippen LogP contribution is 1.80. The van der Waals surface area contributed by atoms with Gasteiger partial charge in [-0.15, -0.1) is 0 Å². The summed E-state index contributed by atoms with van der Waals surface area (Å²) in [4.78, 5) is 32.6. The zero-order valence-electron chi connectivity index (χ0n) is 10.5. The molecule has 0 aliphatic rings. The van der Waals surface area contributed by atoms with Gasteiger partial charge in [0.2, 0.25) is 24.8 Å². The van der Waals surface area contributed by atoms with Crippen molar-refractivity contribution < 1.29 is 28.7 Å². The van der Waals surface area contributed by atoms with Crippen molar-refractivity contribution in [3.63, 3.8) is 0 Å². The zero-order valence-corrected chi connectivity index (χ0v) is 10.5. The molecular weight excluding hydrogens is 260 g/mol. The van der Waals surface area contributed by atoms with Gasteiger partial charge in [0, 0.05) is 45.9 Å². The standard InChI is InChI=1S/C14H12N2O4/c17-13(19-15-9-3-1-4-10-15)7-8-14(18)20-16-11-5-2-6-12-16/h1-12H/q+2/b8-7+. The van der Waals surface area contributed by atoms with Crippen LogP contribution in [0.15, 0.2) is 73.3 Å². The first-order valence-corrected chi connectivity index (χ1v) is 5.79. The molecule has 2 rings (SSSR count). The van der Waals surface area contributed by atoms with Gasteiger partial charge in [-0.1, -0.05) is 12.1 Å². The van der Waals surface area contributed by atoms with Crippen LogP contribution in [0.2, 0.25) is 0 Å². The molecule has 0 bridgehead atoms. The molecule has 0 saturated heterocycles. The van der Waals surface area contributed by atoms with E-state index in [2.05, 4.69) is 0 Å². The van der Waals surface area contributed by atoms with Gasteiger partial charge in [0.15, 0.2) is 0 Å². The number of aromatic nitrogens is 2. The minimum absolute atomic E-state index is 0.684. The van der Waals surface area contributed by atoms with Gasteiger partial charge in [-0.2, -0.15) is 9.68 Å². The van der Waals surface area contributed by atoms with Crippen molar-refractivity contribution in [1.82, 2.24) is 0 Å². The zero-order chi connectivity index (χ0) is 14.2. The molecule has 2 aromatic rings. The molecule has 6 heteroatoms. The average molecular weight is 272 g/mol. The summed E-state index contributed by atoms with van der Waals surface area (Å²) in [5, 5.41) is 0. The third-order valence-corrected chi connectivity index (χ3v) is 2.12. The Balaban J connectivity index is 1.86. The van der Waals surface area contributed by atoms with Crippen LogP contribution >= 0.6 is 0 Å². The molecule has 0 N–H and O–H groups in total. The molecule has 20 heavy (non-hydrogen) atoms. The van der Waals surface area contributed by atoms with E-state index in [4.69, 9.17) is 9.68 Å². The molecule has 2 heterocycles. The number of hydrogen-bond acceptors (Lipinski definition) is 4. The normalized spacial score (nSPS) is 10.2. The second-order valence-electron chi connectivity index (χ2n) is 3.62. The Morgan fingerprint density at radius 1 is 0.650 bits per heavy atom. The predicted molar refractivity (Wildman–Crippen MR) is 65.6 cm³/mol. The smallest absolute Gasteiger partial charge is 0.239 e. The summed E-state index contributed by atoms with van der Waals surface area (Å²) >= 11 is 0. The Kier molecular flexibility index (Phi) is 4.55. The van der Waals surface area contributed by atoms with Crippen molar-refractivity contribution in [2.45, 2.75) is 0 Å². The fourth-order valence-electron chi connectivity index (χ4n) is 1.29. The monoisotopic (exact) mass is 272 g/mol. The topological polar surface area (TPSA) is 60.4 Å². The molecule has 0 aromatic carbocycles. The van der Waals surface area contributed by atoms with E-state index in [0.717, 1.165) is 12.2 Å². The number of rotatable bonds is 4. The van der Waals surface area contributed by atoms with Crippen molar-refractivity contribution in [2.75, 3.05) is 0 Å². The lowest BCUT2D eigenvalue weighted by molar-refractivity contribution is -0.869. The van der Waals surface area contributed by atoms with Gasteiger partial charge in [0.1, 0.15) is 0 Å². The summed E-state index contributed by atoms with van der Waals surface area (Å²) in [6, 6.07) is 10.4. The average Bonchev–Trinajstić information content (AvgIpc) is 2.47. The van der Waals surface area contributed by atoms with Gasteiger partial charge < -0.3 is 0 Å². The van der Waals surface area contributed by atoms with E-state index >= 15 is 0 Å². The number of carbonyl (C=O) groups excluding carboxylic acids is 2. The molecule has 0 aliphatic heterocycles. The number of nitrogens with zero attached hydrogens (tertiary/aromatic N) is 2. The van der Waals surface area contributed by atoms with E-state index in [9.17, 15) is 9.59 Å². The lowest BCUT2D eigenvalue weighted by Gasteiger charge is -1.92. The van der Waals surface area contributed by atoms with E-state index in [1.807, 2.05) is 0 Å². The van der Waals surface area contributed by atoms with Crippen molar-refractivity contribution >= 4 is 11.9 Å². The predicted octanol–water partition coefficient (Wildman–Crippen LogP) is -0.572. The summed E-state index contributed by atoms with van der Waals surface area (Å²) in [6.45, 7) is 0. The van der Waals surface area contributed by atoms with Crippen LogP contribution in [0.5, 0.6) is 0 Å². The first-order chi connectivity index (χ1) is 9.74. The Morgan fingerprint density at radius 2 is 1.00 bits per heavy atom. The van der Waals surface area contributed by atoms with Crippen molar-refractivity contribution in [3.05, 3.63) is 73.3 Å². The largest absolute Gasteiger partial charge is 0.404 e. The van der Waals surface area contributed by atoms with Gasteiger partial charge in [0.05, 0.1) is 0 Å². The quantitative estimate of drug-likeness (QED) is 0.552. The first-order valence-electron chi connectivity index (χ1n) is 5.79. The molecule has 0 saturated carbocycles. The Hall–Kier alpha value is -3.02. The Bertz CT molecular complexity index is 556. The highest BCUT2D eigenvalue weighted by molar-refractivity contribution is 5.91. The maximum absolute atomic E-state index is 11.4. The van der Waals surface area contributed by atoms with Crippen LogP contribution in [-0.4, -0.2) is 11.9 Å². The molecule has 100 valence electrons. The van der Waals surface area contributed by atoms with E-state index in [1.54, 1.807) is 61.2 Å². The second-order valence-corrected chi connectivity index (χ2v) is 3.62. The molecule has 0 amide bonds. The second kappa shape index (κ2) is 6.79. The summed E-state index contributed by atoms with van der Waals surface area (Å²) in [7, 11) is 0. The minimum Gasteiger partial charge on any atom is -0.239 e. The molecule has 0 spiro atoms. The lowest BCUT2D eigenvalue weighted by Crippen LogP contribution is -2.45. The summed E-state index contributed by atoms with van der Waals surface area (Å²) in [5.41, 5.74) is 0. The molecule has 0 aliphatic carbocycles. The van der Waals surface area contributed by atoms with Gasteiger partial charge in [-0.3, -0.25) is 0 Å². The van der Waals surface area contributed by atoms with E-state index < -0.39 is 11.9 Å². The fourth-order valence-corrected chi connectivity index (χ4v) is 1.29. The van der Waals surface area contributed by atoms with Crippen LogP contribution in [0.3, 0.4) is 0 Å². The van der Waals surface area contributed by atoms with Crippen LogP contribution < -0.4 is 19.1 Å². The Labute approximate surface area is 115 Å². The third kappa shape index (κ3) is 4.34. The maximum Gasteiger partial charge on any atom is 0.404 e. The van der Waals surface area contributed by atoms with Gasteiger partial charge in [-0.25, -0.2) is 9.59 Å². The molecular formula is C14H12N2O4+2.